The predicted octanol–water partition coefficient (Wildman–Crippen LogP) is 7.92. The topological polar surface area (TPSA) is 9.23 Å². The molecule has 0 aliphatic rings. The molecule has 0 aliphatic heterocycles. The molecule has 0 heterocycles. The van der Waals surface area contributed by atoms with Crippen molar-refractivity contribution in [3.63, 3.8) is 0 Å². The van der Waals surface area contributed by atoms with Crippen molar-refractivity contribution in [2.24, 2.45) is 0 Å². The molecule has 0 aromatic heterocycles. The van der Waals surface area contributed by atoms with Crippen LogP contribution in [0, 0.1) is 46.7 Å². The van der Waals surface area contributed by atoms with Gasteiger partial charge in [-0.2, -0.15) is 0 Å². The minimum atomic E-state index is -1.11. The maximum Gasteiger partial charge on any atom is 0.159 e. The molecule has 0 N–H and O–H groups in total. The van der Waals surface area contributed by atoms with E-state index in [1.807, 2.05) is 6.92 Å². The van der Waals surface area contributed by atoms with Crippen LogP contribution in [0.1, 0.15) is 30.9 Å². The van der Waals surface area contributed by atoms with Crippen LogP contribution in [0.5, 0.6) is 5.75 Å². The average molecular weight is 484 g/mol. The van der Waals surface area contributed by atoms with Gasteiger partial charge in [0, 0.05) is 17.7 Å². The minimum Gasteiger partial charge on any atom is -0.493 e. The second-order valence-electron chi connectivity index (χ2n) is 7.86. The molecule has 0 saturated carbocycles. The molecule has 0 saturated heterocycles. The Morgan fingerprint density at radius 2 is 1.29 bits per heavy atom. The lowest BCUT2D eigenvalue weighted by atomic mass is 10.0. The third-order valence-electron chi connectivity index (χ3n) is 5.32. The number of hydrogen-bond acceptors (Lipinski definition) is 1. The summed E-state index contributed by atoms with van der Waals surface area (Å²) in [5, 5.41) is 0.794. The van der Waals surface area contributed by atoms with E-state index in [4.69, 9.17) is 4.74 Å². The lowest BCUT2D eigenvalue weighted by molar-refractivity contribution is 0.306. The second kappa shape index (κ2) is 10.1. The smallest absolute Gasteiger partial charge is 0.159 e. The molecule has 0 atom stereocenters. The predicted molar refractivity (Wildman–Crippen MR) is 122 cm³/mol. The van der Waals surface area contributed by atoms with Crippen LogP contribution in [0.3, 0.4) is 0 Å². The summed E-state index contributed by atoms with van der Waals surface area (Å²) in [6, 6.07) is 9.99. The van der Waals surface area contributed by atoms with Crippen LogP contribution in [0.4, 0.5) is 26.3 Å². The van der Waals surface area contributed by atoms with Crippen molar-refractivity contribution in [3.05, 3.63) is 101 Å². The Balaban J connectivity index is 1.65. The van der Waals surface area contributed by atoms with Crippen LogP contribution in [-0.4, -0.2) is 6.61 Å². The van der Waals surface area contributed by atoms with E-state index in [0.29, 0.717) is 22.8 Å². The summed E-state index contributed by atoms with van der Waals surface area (Å²) >= 11 is 0. The summed E-state index contributed by atoms with van der Waals surface area (Å²) in [7, 11) is 0. The van der Waals surface area contributed by atoms with Crippen molar-refractivity contribution in [1.82, 2.24) is 0 Å². The maximum atomic E-state index is 14.7. The Morgan fingerprint density at radius 1 is 0.657 bits per heavy atom. The van der Waals surface area contributed by atoms with Gasteiger partial charge in [0.1, 0.15) is 29.0 Å². The Bertz CT molecular complexity index is 1440. The molecule has 35 heavy (non-hydrogen) atoms. The van der Waals surface area contributed by atoms with Gasteiger partial charge in [-0.3, -0.25) is 0 Å². The molecule has 4 aromatic rings. The number of ether oxygens (including phenoxy) is 1. The summed E-state index contributed by atoms with van der Waals surface area (Å²) in [6.45, 7) is 2.23. The van der Waals surface area contributed by atoms with Crippen LogP contribution in [0.15, 0.2) is 54.6 Å². The van der Waals surface area contributed by atoms with Gasteiger partial charge >= 0.3 is 0 Å². The minimum absolute atomic E-state index is 0.0152. The van der Waals surface area contributed by atoms with Gasteiger partial charge in [0.15, 0.2) is 11.6 Å². The molecule has 0 radical (unpaired) electrons. The van der Waals surface area contributed by atoms with Gasteiger partial charge < -0.3 is 4.74 Å². The highest BCUT2D eigenvalue weighted by Crippen LogP contribution is 2.32. The fraction of sp³-hybridized carbons (Fsp3) is 0.143. The third kappa shape index (κ3) is 5.27. The highest BCUT2D eigenvalue weighted by molar-refractivity contribution is 5.84. The van der Waals surface area contributed by atoms with Crippen LogP contribution < -0.4 is 4.74 Å². The van der Waals surface area contributed by atoms with E-state index in [9.17, 15) is 26.3 Å². The molecule has 0 amide bonds. The van der Waals surface area contributed by atoms with Crippen LogP contribution in [0.25, 0.3) is 21.9 Å². The van der Waals surface area contributed by atoms with Crippen molar-refractivity contribution in [1.29, 1.82) is 0 Å². The summed E-state index contributed by atoms with van der Waals surface area (Å²) in [6.07, 6.45) is 1.55. The van der Waals surface area contributed by atoms with Crippen molar-refractivity contribution in [3.8, 4) is 28.7 Å². The standard InChI is InChI=1S/C28H18F6O/c1-2-3-8-35-20-14-26(33)28(27(34)15-20)19-12-22(29)21(23(30)13-19)7-5-16-4-6-17-10-24(31)25(32)11-18(17)9-16/h4,6,9-15H,2-3,8H2,1H3. The lowest BCUT2D eigenvalue weighted by Gasteiger charge is -2.11. The molecule has 0 bridgehead atoms. The van der Waals surface area contributed by atoms with Gasteiger partial charge in [0.05, 0.1) is 17.7 Å². The monoisotopic (exact) mass is 484 g/mol. The lowest BCUT2D eigenvalue weighted by Crippen LogP contribution is -2.00. The normalized spacial score (nSPS) is 10.8. The Hall–Kier alpha value is -3.92. The van der Waals surface area contributed by atoms with Gasteiger partial charge in [-0.05, 0) is 59.2 Å². The third-order valence-corrected chi connectivity index (χ3v) is 5.32. The van der Waals surface area contributed by atoms with E-state index in [2.05, 4.69) is 11.8 Å². The van der Waals surface area contributed by atoms with Crippen molar-refractivity contribution < 1.29 is 31.1 Å². The molecule has 0 fully saturated rings. The first-order valence-electron chi connectivity index (χ1n) is 10.8. The SMILES string of the molecule is CCCCOc1cc(F)c(-c2cc(F)c(C#Cc3ccc4cc(F)c(F)cc4c3)c(F)c2)c(F)c1. The second-order valence-corrected chi connectivity index (χ2v) is 7.86. The van der Waals surface area contributed by atoms with Crippen molar-refractivity contribution >= 4 is 10.8 Å². The summed E-state index contributed by atoms with van der Waals surface area (Å²) in [5.74, 6) is -1.37. The van der Waals surface area contributed by atoms with Gasteiger partial charge in [-0.25, -0.2) is 26.3 Å². The molecule has 4 rings (SSSR count). The number of rotatable bonds is 5. The highest BCUT2D eigenvalue weighted by atomic mass is 19.2. The molecule has 4 aromatic carbocycles. The zero-order chi connectivity index (χ0) is 25.1. The summed E-state index contributed by atoms with van der Waals surface area (Å²) in [5.41, 5.74) is -1.21. The van der Waals surface area contributed by atoms with Crippen LogP contribution in [0.2, 0.25) is 0 Å². The van der Waals surface area contributed by atoms with E-state index >= 15 is 0 Å². The zero-order valence-electron chi connectivity index (χ0n) is 18.5. The first kappa shape index (κ1) is 24.2. The first-order chi connectivity index (χ1) is 16.8. The number of benzene rings is 4. The first-order valence-corrected chi connectivity index (χ1v) is 10.8. The maximum absolute atomic E-state index is 14.7. The Morgan fingerprint density at radius 3 is 1.91 bits per heavy atom. The van der Waals surface area contributed by atoms with Gasteiger partial charge in [0.2, 0.25) is 0 Å². The van der Waals surface area contributed by atoms with Gasteiger partial charge in [-0.1, -0.05) is 31.3 Å². The average Bonchev–Trinajstić information content (AvgIpc) is 2.79. The van der Waals surface area contributed by atoms with Gasteiger partial charge in [-0.15, -0.1) is 0 Å². The molecule has 178 valence electrons. The summed E-state index contributed by atoms with van der Waals surface area (Å²) in [4.78, 5) is 0. The van der Waals surface area contributed by atoms with Crippen molar-refractivity contribution in [2.75, 3.05) is 6.61 Å². The number of halogens is 6. The van der Waals surface area contributed by atoms with Crippen LogP contribution >= 0.6 is 0 Å². The number of unbranched alkanes of at least 4 members (excludes halogenated alkanes) is 1. The van der Waals surface area contributed by atoms with E-state index < -0.39 is 46.0 Å². The van der Waals surface area contributed by atoms with Crippen LogP contribution in [-0.2, 0) is 0 Å². The largest absolute Gasteiger partial charge is 0.493 e. The fourth-order valence-electron chi connectivity index (χ4n) is 3.53. The van der Waals surface area contributed by atoms with E-state index in [1.54, 1.807) is 0 Å². The van der Waals surface area contributed by atoms with E-state index in [1.165, 1.54) is 18.2 Å². The molecule has 1 nitrogen and oxygen atoms in total. The van der Waals surface area contributed by atoms with E-state index in [0.717, 1.165) is 42.8 Å². The molecule has 0 spiro atoms. The van der Waals surface area contributed by atoms with E-state index in [-0.39, 0.29) is 17.9 Å². The molecular weight excluding hydrogens is 466 g/mol. The number of fused-ring (bicyclic) bond motifs is 1. The summed E-state index contributed by atoms with van der Waals surface area (Å²) < 4.78 is 90.7. The van der Waals surface area contributed by atoms with Crippen molar-refractivity contribution in [2.45, 2.75) is 19.8 Å². The quantitative estimate of drug-likeness (QED) is 0.159. The Labute approximate surface area is 198 Å². The molecule has 7 heteroatoms. The molecular formula is C28H18F6O. The Kier molecular flexibility index (Phi) is 7.02. The number of hydrogen-bond donors (Lipinski definition) is 0. The highest BCUT2D eigenvalue weighted by Gasteiger charge is 2.18. The zero-order valence-corrected chi connectivity index (χ0v) is 18.5. The molecule has 0 unspecified atom stereocenters. The van der Waals surface area contributed by atoms with Gasteiger partial charge in [0.25, 0.3) is 0 Å². The molecule has 0 aliphatic carbocycles. The fourth-order valence-corrected chi connectivity index (χ4v) is 3.53.